The van der Waals surface area contributed by atoms with E-state index in [0.29, 0.717) is 5.46 Å². The third-order valence-electron chi connectivity index (χ3n) is 4.45. The molecule has 0 fully saturated rings. The molecule has 2 aromatic rings. The van der Waals surface area contributed by atoms with Crippen LogP contribution in [0.1, 0.15) is 44.4 Å². The molecule has 2 aromatic carbocycles. The number of hydrogen-bond donors (Lipinski definition) is 4. The van der Waals surface area contributed by atoms with Crippen LogP contribution < -0.4 is 10.2 Å². The molecule has 2 rings (SSSR count). The van der Waals surface area contributed by atoms with Gasteiger partial charge in [-0.25, -0.2) is 0 Å². The maximum absolute atomic E-state index is 9.10. The van der Waals surface area contributed by atoms with Gasteiger partial charge in [0.05, 0.1) is 16.9 Å². The molecule has 6 heteroatoms. The summed E-state index contributed by atoms with van der Waals surface area (Å²) in [6.45, 7) is 10.3. The minimum atomic E-state index is -1.01. The Morgan fingerprint density at radius 2 is 1.48 bits per heavy atom. The van der Waals surface area contributed by atoms with Crippen molar-refractivity contribution in [3.05, 3.63) is 53.1 Å². The molecule has 0 saturated heterocycles. The van der Waals surface area contributed by atoms with Crippen molar-refractivity contribution in [1.82, 2.24) is 0 Å². The fourth-order valence-electron chi connectivity index (χ4n) is 1.71. The molecule has 0 aromatic heterocycles. The standard InChI is InChI=1S/C15H15BN2S.C6H14O2/c1-10-3-6-12(7-4-10)19-18-14-8-5-11(2)15(16)13(14)9-17;1-5(2,7)6(3,4)8/h3-9,17-18H,1-2H3;7-8H,1-4H3. The Balaban J connectivity index is 0.000000387. The number of aliphatic hydroxyl groups is 2. The predicted octanol–water partition coefficient (Wildman–Crippen LogP) is 3.74. The van der Waals surface area contributed by atoms with Crippen molar-refractivity contribution >= 4 is 37.2 Å². The van der Waals surface area contributed by atoms with Gasteiger partial charge in [-0.2, -0.15) is 0 Å². The van der Waals surface area contributed by atoms with Crippen molar-refractivity contribution in [3.63, 3.8) is 0 Å². The highest BCUT2D eigenvalue weighted by atomic mass is 32.2. The average Bonchev–Trinajstić information content (AvgIpc) is 2.56. The number of nitrogens with one attached hydrogen (secondary N) is 2. The first-order valence-corrected chi connectivity index (χ1v) is 9.52. The smallest absolute Gasteiger partial charge is 0.115 e. The molecule has 144 valence electrons. The van der Waals surface area contributed by atoms with Gasteiger partial charge in [0.2, 0.25) is 0 Å². The van der Waals surface area contributed by atoms with Gasteiger partial charge in [-0.1, -0.05) is 34.8 Å². The quantitative estimate of drug-likeness (QED) is 0.360. The van der Waals surface area contributed by atoms with Crippen molar-refractivity contribution in [1.29, 1.82) is 5.41 Å². The molecule has 0 bridgehead atoms. The number of aryl methyl sites for hydroxylation is 2. The van der Waals surface area contributed by atoms with Gasteiger partial charge in [0.15, 0.2) is 0 Å². The highest BCUT2D eigenvalue weighted by Crippen LogP contribution is 2.23. The zero-order valence-electron chi connectivity index (χ0n) is 16.9. The lowest BCUT2D eigenvalue weighted by atomic mass is 9.86. The fourth-order valence-corrected chi connectivity index (χ4v) is 2.39. The first kappa shape index (κ1) is 23.3. The molecule has 27 heavy (non-hydrogen) atoms. The van der Waals surface area contributed by atoms with E-state index in [1.54, 1.807) is 27.7 Å². The molecule has 0 amide bonds. The van der Waals surface area contributed by atoms with Crippen LogP contribution in [0.15, 0.2) is 41.3 Å². The summed E-state index contributed by atoms with van der Waals surface area (Å²) in [5.41, 5.74) is 2.47. The van der Waals surface area contributed by atoms with Gasteiger partial charge in [-0.3, -0.25) is 0 Å². The summed E-state index contributed by atoms with van der Waals surface area (Å²) in [6, 6.07) is 12.2. The summed E-state index contributed by atoms with van der Waals surface area (Å²) in [7, 11) is 5.98. The summed E-state index contributed by atoms with van der Waals surface area (Å²) < 4.78 is 3.25. The second kappa shape index (κ2) is 9.44. The van der Waals surface area contributed by atoms with Crippen molar-refractivity contribution in [2.45, 2.75) is 57.6 Å². The maximum atomic E-state index is 9.10. The van der Waals surface area contributed by atoms with Crippen LogP contribution in [-0.4, -0.2) is 35.5 Å². The Morgan fingerprint density at radius 3 is 1.93 bits per heavy atom. The fraction of sp³-hybridized carbons (Fsp3) is 0.381. The van der Waals surface area contributed by atoms with E-state index in [0.717, 1.165) is 21.7 Å². The van der Waals surface area contributed by atoms with E-state index in [1.165, 1.54) is 23.7 Å². The van der Waals surface area contributed by atoms with Crippen LogP contribution in [0.4, 0.5) is 5.69 Å². The van der Waals surface area contributed by atoms with Crippen LogP contribution in [0.5, 0.6) is 0 Å². The van der Waals surface area contributed by atoms with Crippen LogP contribution in [0.3, 0.4) is 0 Å². The van der Waals surface area contributed by atoms with Gasteiger partial charge in [0.1, 0.15) is 7.85 Å². The van der Waals surface area contributed by atoms with E-state index in [4.69, 9.17) is 23.5 Å². The van der Waals surface area contributed by atoms with Crippen molar-refractivity contribution < 1.29 is 10.2 Å². The number of anilines is 1. The maximum Gasteiger partial charge on any atom is 0.115 e. The van der Waals surface area contributed by atoms with Crippen molar-refractivity contribution in [2.24, 2.45) is 0 Å². The molecule has 0 spiro atoms. The molecule has 0 heterocycles. The van der Waals surface area contributed by atoms with E-state index < -0.39 is 11.2 Å². The van der Waals surface area contributed by atoms with E-state index >= 15 is 0 Å². The topological polar surface area (TPSA) is 76.3 Å². The number of hydrogen-bond acceptors (Lipinski definition) is 5. The van der Waals surface area contributed by atoms with Gasteiger partial charge in [-0.05, 0) is 71.7 Å². The summed E-state index contributed by atoms with van der Waals surface area (Å²) in [4.78, 5) is 1.13. The molecule has 0 saturated carbocycles. The highest BCUT2D eigenvalue weighted by molar-refractivity contribution is 8.00. The second-order valence-electron chi connectivity index (χ2n) is 7.54. The van der Waals surface area contributed by atoms with Gasteiger partial charge in [-0.15, -0.1) is 0 Å². The molecule has 0 aliphatic carbocycles. The minimum Gasteiger partial charge on any atom is -0.387 e. The van der Waals surface area contributed by atoms with Crippen LogP contribution in [0.2, 0.25) is 0 Å². The zero-order chi connectivity index (χ0) is 20.8. The van der Waals surface area contributed by atoms with E-state index in [2.05, 4.69) is 35.9 Å². The molecule has 0 atom stereocenters. The largest absolute Gasteiger partial charge is 0.387 e. The Bertz CT molecular complexity index is 751. The molecule has 0 aliphatic rings. The predicted molar refractivity (Wildman–Crippen MR) is 118 cm³/mol. The normalized spacial score (nSPS) is 11.4. The second-order valence-corrected chi connectivity index (χ2v) is 8.42. The monoisotopic (exact) mass is 384 g/mol. The van der Waals surface area contributed by atoms with Crippen LogP contribution in [-0.2, 0) is 0 Å². The summed E-state index contributed by atoms with van der Waals surface area (Å²) in [6.07, 6.45) is 1.29. The first-order valence-electron chi connectivity index (χ1n) is 8.70. The molecule has 4 N–H and O–H groups in total. The third kappa shape index (κ3) is 7.05. The minimum absolute atomic E-state index is 0.657. The van der Waals surface area contributed by atoms with Crippen molar-refractivity contribution in [3.8, 4) is 0 Å². The lowest BCUT2D eigenvalue weighted by Crippen LogP contribution is -2.44. The van der Waals surface area contributed by atoms with E-state index in [-0.39, 0.29) is 0 Å². The molecule has 4 nitrogen and oxygen atoms in total. The Morgan fingerprint density at radius 1 is 0.963 bits per heavy atom. The van der Waals surface area contributed by atoms with Gasteiger partial charge >= 0.3 is 0 Å². The molecule has 2 radical (unpaired) electrons. The number of benzene rings is 2. The SMILES string of the molecule is CC(C)(O)C(C)(C)O.[B]c1c(C)ccc(NSc2ccc(C)cc2)c1C=N. The van der Waals surface area contributed by atoms with Crippen molar-refractivity contribution in [2.75, 3.05) is 4.72 Å². The molecule has 0 unspecified atom stereocenters. The Labute approximate surface area is 168 Å². The van der Waals surface area contributed by atoms with Crippen LogP contribution >= 0.6 is 11.9 Å². The third-order valence-corrected chi connectivity index (χ3v) is 5.28. The summed E-state index contributed by atoms with van der Waals surface area (Å²) in [5, 5.41) is 25.7. The zero-order valence-corrected chi connectivity index (χ0v) is 17.7. The lowest BCUT2D eigenvalue weighted by Gasteiger charge is -2.31. The summed E-state index contributed by atoms with van der Waals surface area (Å²) in [5.74, 6) is 0. The lowest BCUT2D eigenvalue weighted by molar-refractivity contribution is -0.107. The molecule has 0 aliphatic heterocycles. The Hall–Kier alpha value is -1.76. The van der Waals surface area contributed by atoms with Crippen LogP contribution in [0.25, 0.3) is 0 Å². The van der Waals surface area contributed by atoms with Crippen LogP contribution in [0, 0.1) is 19.3 Å². The van der Waals surface area contributed by atoms with Gasteiger partial charge in [0, 0.05) is 16.7 Å². The van der Waals surface area contributed by atoms with Gasteiger partial charge in [0.25, 0.3) is 0 Å². The first-order chi connectivity index (χ1) is 12.4. The van der Waals surface area contributed by atoms with Gasteiger partial charge < -0.3 is 20.3 Å². The average molecular weight is 384 g/mol. The van der Waals surface area contributed by atoms with E-state index in [1.807, 2.05) is 19.1 Å². The summed E-state index contributed by atoms with van der Waals surface area (Å²) >= 11 is 1.52. The van der Waals surface area contributed by atoms with E-state index in [9.17, 15) is 0 Å². The molecular weight excluding hydrogens is 355 g/mol. The number of rotatable bonds is 5. The Kier molecular flexibility index (Phi) is 8.14. The highest BCUT2D eigenvalue weighted by Gasteiger charge is 2.31. The molecular formula is C21H29BN2O2S.